The van der Waals surface area contributed by atoms with E-state index in [1.165, 1.54) is 7.11 Å². The van der Waals surface area contributed by atoms with Crippen molar-refractivity contribution >= 4 is 11.7 Å². The van der Waals surface area contributed by atoms with Crippen LogP contribution >= 0.6 is 0 Å². The summed E-state index contributed by atoms with van der Waals surface area (Å²) >= 11 is 0. The lowest BCUT2D eigenvalue weighted by Gasteiger charge is -2.21. The molecule has 19 heavy (non-hydrogen) atoms. The van der Waals surface area contributed by atoms with E-state index in [0.717, 1.165) is 24.3 Å². The van der Waals surface area contributed by atoms with Crippen molar-refractivity contribution in [1.29, 1.82) is 0 Å². The largest absolute Gasteiger partial charge is 0.465 e. The molecule has 1 aromatic rings. The van der Waals surface area contributed by atoms with Crippen molar-refractivity contribution in [2.75, 3.05) is 25.5 Å². The average molecular weight is 264 g/mol. The van der Waals surface area contributed by atoms with Gasteiger partial charge in [0.05, 0.1) is 12.7 Å². The summed E-state index contributed by atoms with van der Waals surface area (Å²) in [5, 5.41) is 6.77. The normalized spacial score (nSPS) is 11.2. The van der Waals surface area contributed by atoms with Crippen LogP contribution in [0, 0.1) is 6.92 Å². The van der Waals surface area contributed by atoms with E-state index >= 15 is 0 Å². The van der Waals surface area contributed by atoms with Gasteiger partial charge in [0.15, 0.2) is 0 Å². The SMILES string of the molecule is COC(=O)c1ccc(NCCNC(C)(C)C)c(C)c1. The summed E-state index contributed by atoms with van der Waals surface area (Å²) in [6.45, 7) is 10.1. The molecule has 0 saturated heterocycles. The predicted octanol–water partition coefficient (Wildman–Crippen LogP) is 2.58. The first-order valence-electron chi connectivity index (χ1n) is 6.51. The Morgan fingerprint density at radius 2 is 1.95 bits per heavy atom. The van der Waals surface area contributed by atoms with Gasteiger partial charge in [0.2, 0.25) is 0 Å². The molecule has 0 aliphatic heterocycles. The van der Waals surface area contributed by atoms with E-state index in [2.05, 4.69) is 31.4 Å². The van der Waals surface area contributed by atoms with Crippen LogP contribution < -0.4 is 10.6 Å². The highest BCUT2D eigenvalue weighted by atomic mass is 16.5. The quantitative estimate of drug-likeness (QED) is 0.634. The third kappa shape index (κ3) is 5.30. The van der Waals surface area contributed by atoms with E-state index in [-0.39, 0.29) is 11.5 Å². The van der Waals surface area contributed by atoms with Gasteiger partial charge >= 0.3 is 5.97 Å². The Morgan fingerprint density at radius 3 is 2.47 bits per heavy atom. The molecule has 0 aromatic heterocycles. The van der Waals surface area contributed by atoms with Crippen molar-refractivity contribution in [3.05, 3.63) is 29.3 Å². The number of esters is 1. The van der Waals surface area contributed by atoms with Gasteiger partial charge in [-0.3, -0.25) is 0 Å². The van der Waals surface area contributed by atoms with Crippen molar-refractivity contribution in [2.45, 2.75) is 33.2 Å². The number of anilines is 1. The molecule has 0 atom stereocenters. The van der Waals surface area contributed by atoms with Crippen molar-refractivity contribution in [1.82, 2.24) is 5.32 Å². The number of hydrogen-bond donors (Lipinski definition) is 2. The second-order valence-corrected chi connectivity index (χ2v) is 5.62. The van der Waals surface area contributed by atoms with Crippen LogP contribution in [0.4, 0.5) is 5.69 Å². The Labute approximate surface area is 115 Å². The van der Waals surface area contributed by atoms with E-state index in [1.807, 2.05) is 19.1 Å². The van der Waals surface area contributed by atoms with E-state index in [9.17, 15) is 4.79 Å². The summed E-state index contributed by atoms with van der Waals surface area (Å²) < 4.78 is 4.70. The number of aryl methyl sites for hydroxylation is 1. The Morgan fingerprint density at radius 1 is 1.26 bits per heavy atom. The first-order chi connectivity index (χ1) is 8.83. The number of carbonyl (C=O) groups is 1. The molecular weight excluding hydrogens is 240 g/mol. The monoisotopic (exact) mass is 264 g/mol. The van der Waals surface area contributed by atoms with E-state index in [4.69, 9.17) is 4.74 Å². The Bertz CT molecular complexity index is 436. The number of methoxy groups -OCH3 is 1. The van der Waals surface area contributed by atoms with Crippen molar-refractivity contribution in [3.8, 4) is 0 Å². The predicted molar refractivity (Wildman–Crippen MR) is 78.8 cm³/mol. The molecule has 0 amide bonds. The highest BCUT2D eigenvalue weighted by Crippen LogP contribution is 2.16. The van der Waals surface area contributed by atoms with Gasteiger partial charge in [0.1, 0.15) is 0 Å². The van der Waals surface area contributed by atoms with Gasteiger partial charge in [-0.05, 0) is 51.5 Å². The summed E-state index contributed by atoms with van der Waals surface area (Å²) in [6, 6.07) is 5.53. The van der Waals surface area contributed by atoms with E-state index < -0.39 is 0 Å². The van der Waals surface area contributed by atoms with Crippen molar-refractivity contribution in [2.24, 2.45) is 0 Å². The number of hydrogen-bond acceptors (Lipinski definition) is 4. The van der Waals surface area contributed by atoms with Crippen molar-refractivity contribution in [3.63, 3.8) is 0 Å². The third-order valence-electron chi connectivity index (χ3n) is 2.74. The van der Waals surface area contributed by atoms with Crippen LogP contribution in [0.1, 0.15) is 36.7 Å². The van der Waals surface area contributed by atoms with Gasteiger partial charge in [-0.1, -0.05) is 0 Å². The fourth-order valence-electron chi connectivity index (χ4n) is 1.74. The van der Waals surface area contributed by atoms with Gasteiger partial charge in [0, 0.05) is 24.3 Å². The molecule has 0 bridgehead atoms. The molecule has 4 nitrogen and oxygen atoms in total. The van der Waals surface area contributed by atoms with Gasteiger partial charge in [0.25, 0.3) is 0 Å². The van der Waals surface area contributed by atoms with Crippen LogP contribution in [0.5, 0.6) is 0 Å². The maximum atomic E-state index is 11.4. The maximum absolute atomic E-state index is 11.4. The molecule has 0 saturated carbocycles. The zero-order valence-electron chi connectivity index (χ0n) is 12.5. The topological polar surface area (TPSA) is 50.4 Å². The molecule has 1 rings (SSSR count). The maximum Gasteiger partial charge on any atom is 0.337 e. The molecule has 0 heterocycles. The number of benzene rings is 1. The van der Waals surface area contributed by atoms with E-state index in [1.54, 1.807) is 6.07 Å². The summed E-state index contributed by atoms with van der Waals surface area (Å²) in [6.07, 6.45) is 0. The lowest BCUT2D eigenvalue weighted by Crippen LogP contribution is -2.38. The number of nitrogens with one attached hydrogen (secondary N) is 2. The van der Waals surface area contributed by atoms with E-state index in [0.29, 0.717) is 5.56 Å². The average Bonchev–Trinajstić information content (AvgIpc) is 2.33. The molecule has 2 N–H and O–H groups in total. The number of rotatable bonds is 5. The fourth-order valence-corrected chi connectivity index (χ4v) is 1.74. The molecule has 0 aliphatic rings. The van der Waals surface area contributed by atoms with Crippen LogP contribution in [-0.2, 0) is 4.74 Å². The summed E-state index contributed by atoms with van der Waals surface area (Å²) in [5.41, 5.74) is 2.80. The first-order valence-corrected chi connectivity index (χ1v) is 6.51. The highest BCUT2D eigenvalue weighted by Gasteiger charge is 2.09. The lowest BCUT2D eigenvalue weighted by molar-refractivity contribution is 0.0600. The summed E-state index contributed by atoms with van der Waals surface area (Å²) in [5.74, 6) is -0.302. The second kappa shape index (κ2) is 6.57. The lowest BCUT2D eigenvalue weighted by atomic mass is 10.1. The minimum atomic E-state index is -0.302. The van der Waals surface area contributed by atoms with Gasteiger partial charge in [-0.2, -0.15) is 0 Å². The fraction of sp³-hybridized carbons (Fsp3) is 0.533. The minimum Gasteiger partial charge on any atom is -0.465 e. The second-order valence-electron chi connectivity index (χ2n) is 5.62. The highest BCUT2D eigenvalue weighted by molar-refractivity contribution is 5.90. The first kappa shape index (κ1) is 15.5. The molecule has 4 heteroatoms. The van der Waals surface area contributed by atoms with Crippen LogP contribution in [0.25, 0.3) is 0 Å². The van der Waals surface area contributed by atoms with Gasteiger partial charge in [-0.15, -0.1) is 0 Å². The standard InChI is InChI=1S/C15H24N2O2/c1-11-10-12(14(18)19-5)6-7-13(11)16-8-9-17-15(2,3)4/h6-7,10,16-17H,8-9H2,1-5H3. The summed E-state index contributed by atoms with van der Waals surface area (Å²) in [4.78, 5) is 11.4. The molecule has 106 valence electrons. The molecular formula is C15H24N2O2. The Kier molecular flexibility index (Phi) is 5.36. The molecule has 0 fully saturated rings. The summed E-state index contributed by atoms with van der Waals surface area (Å²) in [7, 11) is 1.39. The van der Waals surface area contributed by atoms with Crippen LogP contribution in [-0.4, -0.2) is 31.7 Å². The van der Waals surface area contributed by atoms with Crippen LogP contribution in [0.3, 0.4) is 0 Å². The molecule has 0 aliphatic carbocycles. The van der Waals surface area contributed by atoms with Crippen molar-refractivity contribution < 1.29 is 9.53 Å². The van der Waals surface area contributed by atoms with Gasteiger partial charge in [-0.25, -0.2) is 4.79 Å². The molecule has 0 radical (unpaired) electrons. The van der Waals surface area contributed by atoms with Gasteiger partial charge < -0.3 is 15.4 Å². The Hall–Kier alpha value is -1.55. The smallest absolute Gasteiger partial charge is 0.337 e. The minimum absolute atomic E-state index is 0.130. The molecule has 0 spiro atoms. The van der Waals surface area contributed by atoms with Crippen LogP contribution in [0.15, 0.2) is 18.2 Å². The third-order valence-corrected chi connectivity index (χ3v) is 2.74. The molecule has 0 unspecified atom stereocenters. The number of ether oxygens (including phenoxy) is 1. The van der Waals surface area contributed by atoms with Crippen LogP contribution in [0.2, 0.25) is 0 Å². The molecule has 1 aromatic carbocycles. The Balaban J connectivity index is 2.54. The zero-order valence-corrected chi connectivity index (χ0v) is 12.5. The zero-order chi connectivity index (χ0) is 14.5. The number of carbonyl (C=O) groups excluding carboxylic acids is 1.